The maximum absolute atomic E-state index is 13.4. The number of rotatable bonds is 9. The Labute approximate surface area is 241 Å². The fourth-order valence-corrected chi connectivity index (χ4v) is 5.07. The van der Waals surface area contributed by atoms with Gasteiger partial charge in [0.15, 0.2) is 0 Å². The first kappa shape index (κ1) is 29.1. The van der Waals surface area contributed by atoms with Crippen molar-refractivity contribution in [1.29, 1.82) is 0 Å². The molecule has 2 aliphatic rings. The van der Waals surface area contributed by atoms with Crippen LogP contribution < -0.4 is 25.2 Å². The van der Waals surface area contributed by atoms with Gasteiger partial charge in [-0.3, -0.25) is 14.6 Å². The number of benzene rings is 2. The summed E-state index contributed by atoms with van der Waals surface area (Å²) in [5.41, 5.74) is 0.300. The second-order valence-corrected chi connectivity index (χ2v) is 10.3. The first-order valence-electron chi connectivity index (χ1n) is 13.7. The van der Waals surface area contributed by atoms with E-state index in [1.54, 1.807) is 25.4 Å². The van der Waals surface area contributed by atoms with Crippen molar-refractivity contribution in [2.24, 2.45) is 0 Å². The Morgan fingerprint density at radius 3 is 2.64 bits per heavy atom. The predicted molar refractivity (Wildman–Crippen MR) is 153 cm³/mol. The number of urea groups is 1. The third-order valence-corrected chi connectivity index (χ3v) is 7.29. The Morgan fingerprint density at radius 1 is 1.12 bits per heavy atom. The summed E-state index contributed by atoms with van der Waals surface area (Å²) >= 11 is 0. The molecule has 1 fully saturated rings. The van der Waals surface area contributed by atoms with E-state index >= 15 is 0 Å². The zero-order chi connectivity index (χ0) is 29.9. The third-order valence-electron chi connectivity index (χ3n) is 7.29. The molecule has 0 radical (unpaired) electrons. The molecule has 0 atom stereocenters. The molecule has 2 N–H and O–H groups in total. The molecule has 0 aliphatic carbocycles. The Morgan fingerprint density at radius 2 is 1.90 bits per heavy atom. The van der Waals surface area contributed by atoms with Gasteiger partial charge in [-0.2, -0.15) is 18.2 Å². The number of nitrogens with zero attached hydrogens (tertiary/aromatic N) is 5. The highest BCUT2D eigenvalue weighted by Crippen LogP contribution is 2.34. The SMILES string of the molecule is COc1cc(NC(=O)c2cccc(C(F)(F)F)c2)cc(N2Cc3cnc(NCCCN4CCCC4)nc3N(C)C2=O)c1. The van der Waals surface area contributed by atoms with Crippen molar-refractivity contribution in [3.05, 3.63) is 65.4 Å². The van der Waals surface area contributed by atoms with E-state index < -0.39 is 17.6 Å². The predicted octanol–water partition coefficient (Wildman–Crippen LogP) is 5.23. The van der Waals surface area contributed by atoms with Crippen molar-refractivity contribution in [3.8, 4) is 5.75 Å². The van der Waals surface area contributed by atoms with Crippen LogP contribution in [-0.4, -0.2) is 67.1 Å². The highest BCUT2D eigenvalue weighted by Gasteiger charge is 2.32. The normalized spacial score (nSPS) is 15.5. The average molecular weight is 584 g/mol. The molecule has 42 heavy (non-hydrogen) atoms. The smallest absolute Gasteiger partial charge is 0.416 e. The van der Waals surface area contributed by atoms with Crippen LogP contribution in [0.3, 0.4) is 0 Å². The summed E-state index contributed by atoms with van der Waals surface area (Å²) in [6.45, 7) is 4.21. The summed E-state index contributed by atoms with van der Waals surface area (Å²) < 4.78 is 44.8. The van der Waals surface area contributed by atoms with Gasteiger partial charge in [-0.05, 0) is 63.2 Å². The molecule has 1 aromatic heterocycles. The topological polar surface area (TPSA) is 103 Å². The average Bonchev–Trinajstić information content (AvgIpc) is 3.50. The summed E-state index contributed by atoms with van der Waals surface area (Å²) in [5, 5.41) is 5.86. The van der Waals surface area contributed by atoms with E-state index in [4.69, 9.17) is 4.74 Å². The highest BCUT2D eigenvalue weighted by atomic mass is 19.4. The van der Waals surface area contributed by atoms with Crippen molar-refractivity contribution >= 4 is 35.1 Å². The zero-order valence-corrected chi connectivity index (χ0v) is 23.4. The molecule has 0 saturated carbocycles. The van der Waals surface area contributed by atoms with Gasteiger partial charge in [0.05, 0.1) is 24.9 Å². The van der Waals surface area contributed by atoms with Crippen LogP contribution in [-0.2, 0) is 12.7 Å². The quantitative estimate of drug-likeness (QED) is 0.333. The molecule has 13 heteroatoms. The number of hydrogen-bond donors (Lipinski definition) is 2. The van der Waals surface area contributed by atoms with Crippen molar-refractivity contribution in [2.45, 2.75) is 32.0 Å². The van der Waals surface area contributed by atoms with E-state index in [9.17, 15) is 22.8 Å². The molecule has 5 rings (SSSR count). The third kappa shape index (κ3) is 6.56. The van der Waals surface area contributed by atoms with Gasteiger partial charge < -0.3 is 20.3 Å². The van der Waals surface area contributed by atoms with Gasteiger partial charge in [-0.15, -0.1) is 0 Å². The summed E-state index contributed by atoms with van der Waals surface area (Å²) in [7, 11) is 3.05. The Balaban J connectivity index is 1.30. The van der Waals surface area contributed by atoms with Crippen LogP contribution in [0.5, 0.6) is 5.75 Å². The Kier molecular flexibility index (Phi) is 8.48. The number of aromatic nitrogens is 2. The largest absolute Gasteiger partial charge is 0.497 e. The van der Waals surface area contributed by atoms with Gasteiger partial charge in [-0.1, -0.05) is 6.07 Å². The monoisotopic (exact) mass is 583 g/mol. The maximum atomic E-state index is 13.4. The molecule has 3 amide bonds. The molecule has 0 bridgehead atoms. The number of carbonyl (C=O) groups excluding carboxylic acids is 2. The van der Waals surface area contributed by atoms with Crippen LogP contribution in [0.15, 0.2) is 48.7 Å². The van der Waals surface area contributed by atoms with E-state index in [1.807, 2.05) is 0 Å². The van der Waals surface area contributed by atoms with Crippen LogP contribution in [0, 0.1) is 0 Å². The lowest BCUT2D eigenvalue weighted by Gasteiger charge is -2.34. The fourth-order valence-electron chi connectivity index (χ4n) is 5.07. The molecule has 1 saturated heterocycles. The van der Waals surface area contributed by atoms with Gasteiger partial charge in [-0.25, -0.2) is 9.78 Å². The maximum Gasteiger partial charge on any atom is 0.416 e. The fraction of sp³-hybridized carbons (Fsp3) is 0.379. The number of fused-ring (bicyclic) bond motifs is 1. The van der Waals surface area contributed by atoms with E-state index in [0.29, 0.717) is 23.2 Å². The first-order valence-corrected chi connectivity index (χ1v) is 13.7. The lowest BCUT2D eigenvalue weighted by molar-refractivity contribution is -0.137. The number of alkyl halides is 3. The van der Waals surface area contributed by atoms with Crippen LogP contribution in [0.4, 0.5) is 41.1 Å². The highest BCUT2D eigenvalue weighted by molar-refractivity contribution is 6.07. The van der Waals surface area contributed by atoms with Crippen LogP contribution in [0.1, 0.15) is 40.7 Å². The number of carbonyl (C=O) groups is 2. The van der Waals surface area contributed by atoms with E-state index in [0.717, 1.165) is 50.3 Å². The first-order chi connectivity index (χ1) is 20.1. The Hall–Kier alpha value is -4.39. The lowest BCUT2D eigenvalue weighted by Crippen LogP contribution is -2.46. The van der Waals surface area contributed by atoms with Gasteiger partial charge >= 0.3 is 12.2 Å². The van der Waals surface area contributed by atoms with Gasteiger partial charge in [0.1, 0.15) is 11.6 Å². The van der Waals surface area contributed by atoms with Gasteiger partial charge in [0, 0.05) is 48.7 Å². The van der Waals surface area contributed by atoms with Crippen LogP contribution in [0.2, 0.25) is 0 Å². The minimum Gasteiger partial charge on any atom is -0.497 e. The second-order valence-electron chi connectivity index (χ2n) is 10.3. The van der Waals surface area contributed by atoms with Gasteiger partial charge in [0.25, 0.3) is 5.91 Å². The minimum absolute atomic E-state index is 0.158. The number of methoxy groups -OCH3 is 1. The number of halogens is 3. The molecule has 2 aliphatic heterocycles. The van der Waals surface area contributed by atoms with Crippen molar-refractivity contribution in [2.75, 3.05) is 60.8 Å². The summed E-state index contributed by atoms with van der Waals surface area (Å²) in [6.07, 6.45) is 0.571. The van der Waals surface area contributed by atoms with E-state index in [2.05, 4.69) is 25.5 Å². The molecular formula is C29H32F3N7O3. The minimum atomic E-state index is -4.58. The summed E-state index contributed by atoms with van der Waals surface area (Å²) in [5.74, 6) is 0.554. The second kappa shape index (κ2) is 12.2. The number of hydrogen-bond acceptors (Lipinski definition) is 7. The molecule has 222 valence electrons. The molecule has 0 unspecified atom stereocenters. The zero-order valence-electron chi connectivity index (χ0n) is 23.4. The summed E-state index contributed by atoms with van der Waals surface area (Å²) in [6, 6.07) is 8.50. The molecule has 3 heterocycles. The summed E-state index contributed by atoms with van der Waals surface area (Å²) in [4.78, 5) is 40.6. The number of ether oxygens (including phenoxy) is 1. The van der Waals surface area contributed by atoms with Crippen molar-refractivity contribution < 1.29 is 27.5 Å². The lowest BCUT2D eigenvalue weighted by atomic mass is 10.1. The molecule has 2 aromatic carbocycles. The van der Waals surface area contributed by atoms with Crippen molar-refractivity contribution in [3.63, 3.8) is 0 Å². The van der Waals surface area contributed by atoms with E-state index in [-0.39, 0.29) is 23.8 Å². The van der Waals surface area contributed by atoms with Gasteiger partial charge in [0.2, 0.25) is 5.95 Å². The molecule has 10 nitrogen and oxygen atoms in total. The number of likely N-dealkylation sites (tertiary alicyclic amines) is 1. The molecule has 3 aromatic rings. The van der Waals surface area contributed by atoms with Crippen LogP contribution >= 0.6 is 0 Å². The van der Waals surface area contributed by atoms with E-state index in [1.165, 1.54) is 48.0 Å². The van der Waals surface area contributed by atoms with Crippen LogP contribution in [0.25, 0.3) is 0 Å². The number of amides is 3. The number of nitrogens with one attached hydrogen (secondary N) is 2. The standard InChI is InChI=1S/C29H32F3N7O3/c1-37-25-20(17-34-27(36-25)33-9-6-12-38-10-3-4-11-38)18-39(28(37)41)23-14-22(15-24(16-23)42-2)35-26(40)19-7-5-8-21(13-19)29(30,31)32/h5,7-8,13-17H,3-4,6,9-12,18H2,1-2H3,(H,35,40)(H,33,34,36). The molecular weight excluding hydrogens is 551 g/mol. The Bertz CT molecular complexity index is 1460. The van der Waals surface area contributed by atoms with Crippen molar-refractivity contribution in [1.82, 2.24) is 14.9 Å². The number of anilines is 4. The molecule has 0 spiro atoms.